The van der Waals surface area contributed by atoms with Crippen molar-refractivity contribution < 1.29 is 32.8 Å². The SMILES string of the molecule is CC(C)(C)OC(=O)N1CC(c2ccccc2OC(F)F)N(c2cc(Br)ccc2[N+](=O)[O-])C1=O. The number of ether oxygens (including phenoxy) is 2. The Morgan fingerprint density at radius 1 is 1.24 bits per heavy atom. The van der Waals surface area contributed by atoms with Gasteiger partial charge in [0.2, 0.25) is 0 Å². The number of alkyl halides is 2. The van der Waals surface area contributed by atoms with Crippen molar-refractivity contribution in [3.8, 4) is 5.75 Å². The highest BCUT2D eigenvalue weighted by Crippen LogP contribution is 2.43. The largest absolute Gasteiger partial charge is 0.443 e. The number of halogens is 3. The Morgan fingerprint density at radius 2 is 1.91 bits per heavy atom. The summed E-state index contributed by atoms with van der Waals surface area (Å²) in [5.41, 5.74) is -1.30. The summed E-state index contributed by atoms with van der Waals surface area (Å²) in [6, 6.07) is 7.75. The number of nitro groups is 1. The van der Waals surface area contributed by atoms with Crippen LogP contribution in [0.4, 0.5) is 29.7 Å². The van der Waals surface area contributed by atoms with Crippen molar-refractivity contribution in [2.45, 2.75) is 39.0 Å². The fourth-order valence-electron chi connectivity index (χ4n) is 3.38. The van der Waals surface area contributed by atoms with Gasteiger partial charge in [0.15, 0.2) is 0 Å². The van der Waals surface area contributed by atoms with Crippen molar-refractivity contribution in [2.24, 2.45) is 0 Å². The molecule has 1 fully saturated rings. The highest BCUT2D eigenvalue weighted by atomic mass is 79.9. The van der Waals surface area contributed by atoms with Gasteiger partial charge in [0.25, 0.3) is 5.69 Å². The number of carbonyl (C=O) groups excluding carboxylic acids is 2. The first kappa shape index (κ1) is 24.4. The average Bonchev–Trinajstić information content (AvgIpc) is 3.03. The normalized spacial score (nSPS) is 16.3. The Balaban J connectivity index is 2.16. The van der Waals surface area contributed by atoms with Crippen LogP contribution in [0.25, 0.3) is 0 Å². The summed E-state index contributed by atoms with van der Waals surface area (Å²) in [5.74, 6) is -0.223. The van der Waals surface area contributed by atoms with Gasteiger partial charge in [-0.2, -0.15) is 8.78 Å². The van der Waals surface area contributed by atoms with Gasteiger partial charge in [0.1, 0.15) is 17.0 Å². The standard InChI is InChI=1S/C21H20BrF2N3O6/c1-21(2,3)33-20(29)25-11-16(13-6-4-5-7-17(13)32-18(23)24)26(19(25)28)15-10-12(22)8-9-14(15)27(30)31/h4-10,16,18H,11H2,1-3H3. The lowest BCUT2D eigenvalue weighted by Crippen LogP contribution is -2.40. The number of amides is 3. The number of urea groups is 1. The number of nitro benzene ring substituents is 1. The van der Waals surface area contributed by atoms with Crippen molar-refractivity contribution >= 4 is 39.4 Å². The van der Waals surface area contributed by atoms with Crippen LogP contribution in [0.1, 0.15) is 32.4 Å². The molecule has 3 amide bonds. The summed E-state index contributed by atoms with van der Waals surface area (Å²) < 4.78 is 36.4. The number of anilines is 1. The van der Waals surface area contributed by atoms with Gasteiger partial charge in [-0.25, -0.2) is 14.5 Å². The van der Waals surface area contributed by atoms with Crippen LogP contribution >= 0.6 is 15.9 Å². The number of hydrogen-bond donors (Lipinski definition) is 0. The quantitative estimate of drug-likeness (QED) is 0.355. The fraction of sp³-hybridized carbons (Fsp3) is 0.333. The molecule has 0 bridgehead atoms. The van der Waals surface area contributed by atoms with Gasteiger partial charge in [0, 0.05) is 16.1 Å². The molecule has 12 heteroatoms. The molecule has 1 atom stereocenters. The van der Waals surface area contributed by atoms with Crippen molar-refractivity contribution in [1.29, 1.82) is 0 Å². The van der Waals surface area contributed by atoms with Crippen LogP contribution in [0, 0.1) is 10.1 Å². The summed E-state index contributed by atoms with van der Waals surface area (Å²) in [6.45, 7) is 1.41. The summed E-state index contributed by atoms with van der Waals surface area (Å²) in [7, 11) is 0. The molecule has 2 aromatic rings. The Morgan fingerprint density at radius 3 is 2.52 bits per heavy atom. The molecule has 1 unspecified atom stereocenters. The smallest absolute Gasteiger partial charge is 0.418 e. The lowest BCUT2D eigenvalue weighted by atomic mass is 10.0. The summed E-state index contributed by atoms with van der Waals surface area (Å²) >= 11 is 3.23. The summed E-state index contributed by atoms with van der Waals surface area (Å²) in [6.07, 6.45) is -0.968. The molecule has 1 heterocycles. The van der Waals surface area contributed by atoms with E-state index in [4.69, 9.17) is 4.74 Å². The predicted molar refractivity (Wildman–Crippen MR) is 117 cm³/mol. The Labute approximate surface area is 196 Å². The third kappa shape index (κ3) is 5.38. The van der Waals surface area contributed by atoms with Gasteiger partial charge in [-0.15, -0.1) is 0 Å². The zero-order valence-electron chi connectivity index (χ0n) is 17.8. The van der Waals surface area contributed by atoms with E-state index in [0.717, 1.165) is 9.80 Å². The fourth-order valence-corrected chi connectivity index (χ4v) is 3.73. The molecule has 0 aromatic heterocycles. The van der Waals surface area contributed by atoms with E-state index in [1.54, 1.807) is 26.8 Å². The van der Waals surface area contributed by atoms with Crippen LogP contribution in [0.5, 0.6) is 5.75 Å². The number of imide groups is 1. The van der Waals surface area contributed by atoms with Crippen molar-refractivity contribution in [3.63, 3.8) is 0 Å². The molecular formula is C21H20BrF2N3O6. The highest BCUT2D eigenvalue weighted by molar-refractivity contribution is 9.10. The van der Waals surface area contributed by atoms with E-state index < -0.39 is 41.0 Å². The molecule has 0 aliphatic carbocycles. The van der Waals surface area contributed by atoms with Crippen molar-refractivity contribution in [2.75, 3.05) is 11.4 Å². The molecule has 3 rings (SSSR count). The van der Waals surface area contributed by atoms with Crippen molar-refractivity contribution in [1.82, 2.24) is 4.90 Å². The Kier molecular flexibility index (Phi) is 6.86. The van der Waals surface area contributed by atoms with Crippen LogP contribution in [-0.4, -0.2) is 40.7 Å². The molecule has 1 aliphatic heterocycles. The van der Waals surface area contributed by atoms with E-state index in [1.165, 1.54) is 36.4 Å². The number of rotatable bonds is 5. The third-order valence-corrected chi connectivity index (χ3v) is 5.10. The van der Waals surface area contributed by atoms with Crippen LogP contribution in [0.3, 0.4) is 0 Å². The molecule has 0 spiro atoms. The second kappa shape index (κ2) is 9.30. The Hall–Kier alpha value is -3.28. The first-order valence-corrected chi connectivity index (χ1v) is 10.5. The van der Waals surface area contributed by atoms with E-state index in [1.807, 2.05) is 0 Å². The summed E-state index contributed by atoms with van der Waals surface area (Å²) in [4.78, 5) is 38.9. The molecule has 0 N–H and O–H groups in total. The van der Waals surface area contributed by atoms with Crippen LogP contribution in [0.15, 0.2) is 46.9 Å². The minimum atomic E-state index is -3.14. The first-order valence-electron chi connectivity index (χ1n) is 9.70. The molecule has 0 saturated carbocycles. The number of carbonyl (C=O) groups is 2. The zero-order chi connectivity index (χ0) is 24.5. The monoisotopic (exact) mass is 527 g/mol. The lowest BCUT2D eigenvalue weighted by molar-refractivity contribution is -0.384. The number of benzene rings is 2. The number of nitrogens with zero attached hydrogens (tertiary/aromatic N) is 3. The second-order valence-corrected chi connectivity index (χ2v) is 8.98. The second-order valence-electron chi connectivity index (χ2n) is 8.07. The molecular weight excluding hydrogens is 508 g/mol. The predicted octanol–water partition coefficient (Wildman–Crippen LogP) is 5.88. The molecule has 2 aromatic carbocycles. The van der Waals surface area contributed by atoms with Gasteiger partial charge >= 0.3 is 18.7 Å². The lowest BCUT2D eigenvalue weighted by Gasteiger charge is -2.25. The number of hydrogen-bond acceptors (Lipinski definition) is 6. The third-order valence-electron chi connectivity index (χ3n) is 4.61. The van der Waals surface area contributed by atoms with E-state index >= 15 is 0 Å². The van der Waals surface area contributed by atoms with Gasteiger partial charge in [0.05, 0.1) is 17.5 Å². The van der Waals surface area contributed by atoms with Gasteiger partial charge < -0.3 is 9.47 Å². The molecule has 1 saturated heterocycles. The van der Waals surface area contributed by atoms with Crippen LogP contribution in [-0.2, 0) is 4.74 Å². The highest BCUT2D eigenvalue weighted by Gasteiger charge is 2.46. The first-order chi connectivity index (χ1) is 15.4. The topological polar surface area (TPSA) is 102 Å². The maximum absolute atomic E-state index is 13.4. The van der Waals surface area contributed by atoms with Gasteiger partial charge in [-0.1, -0.05) is 34.1 Å². The zero-order valence-corrected chi connectivity index (χ0v) is 19.4. The molecule has 9 nitrogen and oxygen atoms in total. The maximum Gasteiger partial charge on any atom is 0.418 e. The van der Waals surface area contributed by atoms with Gasteiger partial charge in [-0.3, -0.25) is 15.0 Å². The van der Waals surface area contributed by atoms with E-state index in [2.05, 4.69) is 20.7 Å². The Bertz CT molecular complexity index is 1090. The van der Waals surface area contributed by atoms with E-state index in [0.29, 0.717) is 4.47 Å². The molecule has 176 valence electrons. The molecule has 0 radical (unpaired) electrons. The van der Waals surface area contributed by atoms with E-state index in [-0.39, 0.29) is 23.5 Å². The number of para-hydroxylation sites is 1. The molecule has 33 heavy (non-hydrogen) atoms. The minimum Gasteiger partial charge on any atom is -0.443 e. The van der Waals surface area contributed by atoms with Crippen LogP contribution in [0.2, 0.25) is 0 Å². The van der Waals surface area contributed by atoms with Gasteiger partial charge in [-0.05, 0) is 39.0 Å². The minimum absolute atomic E-state index is 0.123. The summed E-state index contributed by atoms with van der Waals surface area (Å²) in [5, 5.41) is 11.7. The average molecular weight is 528 g/mol. The maximum atomic E-state index is 13.4. The van der Waals surface area contributed by atoms with Crippen molar-refractivity contribution in [3.05, 3.63) is 62.6 Å². The van der Waals surface area contributed by atoms with E-state index in [9.17, 15) is 28.5 Å². The van der Waals surface area contributed by atoms with Crippen LogP contribution < -0.4 is 9.64 Å². The molecule has 1 aliphatic rings.